The van der Waals surface area contributed by atoms with E-state index in [4.69, 9.17) is 12.2 Å². The number of likely N-dealkylation sites (tertiary alicyclic amines) is 1. The van der Waals surface area contributed by atoms with Crippen molar-refractivity contribution in [1.82, 2.24) is 14.9 Å². The summed E-state index contributed by atoms with van der Waals surface area (Å²) in [5, 5.41) is 2.59. The maximum atomic E-state index is 12.3. The first-order chi connectivity index (χ1) is 11.0. The Hall–Kier alpha value is -1.80. The van der Waals surface area contributed by atoms with E-state index in [1.807, 2.05) is 6.92 Å². The molecule has 8 heteroatoms. The van der Waals surface area contributed by atoms with Gasteiger partial charge in [-0.25, -0.2) is 4.79 Å². The molecule has 1 aliphatic rings. The summed E-state index contributed by atoms with van der Waals surface area (Å²) in [6.07, 6.45) is 2.33. The Labute approximate surface area is 143 Å². The van der Waals surface area contributed by atoms with E-state index in [0.29, 0.717) is 16.7 Å². The first-order valence-electron chi connectivity index (χ1n) is 7.51. The fraction of sp³-hybridized carbons (Fsp3) is 0.400. The number of fused-ring (bicyclic) bond motifs is 1. The summed E-state index contributed by atoms with van der Waals surface area (Å²) < 4.78 is 0.788. The summed E-state index contributed by atoms with van der Waals surface area (Å²) in [6, 6.07) is 5.26. The lowest BCUT2D eigenvalue weighted by Gasteiger charge is -2.20. The minimum atomic E-state index is -0.274. The molecule has 2 heterocycles. The molecule has 1 atom stereocenters. The third kappa shape index (κ3) is 3.76. The number of nitrogens with one attached hydrogen (secondary N) is 3. The van der Waals surface area contributed by atoms with Gasteiger partial charge in [0.05, 0.1) is 16.3 Å². The molecule has 2 aromatic rings. The number of rotatable bonds is 3. The van der Waals surface area contributed by atoms with E-state index in [1.54, 1.807) is 18.2 Å². The molecule has 6 nitrogen and oxygen atoms in total. The number of carbonyl (C=O) groups is 1. The molecule has 1 saturated heterocycles. The highest BCUT2D eigenvalue weighted by Crippen LogP contribution is 2.22. The number of benzene rings is 1. The number of amides is 1. The predicted molar refractivity (Wildman–Crippen MR) is 98.0 cm³/mol. The molecule has 0 radical (unpaired) electrons. The van der Waals surface area contributed by atoms with Gasteiger partial charge in [0, 0.05) is 18.8 Å². The van der Waals surface area contributed by atoms with Crippen LogP contribution in [0.4, 0.5) is 5.69 Å². The van der Waals surface area contributed by atoms with Crippen LogP contribution in [0.15, 0.2) is 23.0 Å². The van der Waals surface area contributed by atoms with E-state index in [9.17, 15) is 9.59 Å². The monoisotopic (exact) mass is 350 g/mol. The number of thioether (sulfide) groups is 1. The lowest BCUT2D eigenvalue weighted by molar-refractivity contribution is -0.115. The second-order valence-electron chi connectivity index (χ2n) is 5.55. The van der Waals surface area contributed by atoms with Gasteiger partial charge in [0.15, 0.2) is 0 Å². The average Bonchev–Trinajstić information content (AvgIpc) is 3.14. The minimum absolute atomic E-state index is 0.103. The van der Waals surface area contributed by atoms with Gasteiger partial charge in [0.2, 0.25) is 5.91 Å². The molecule has 0 aliphatic carbocycles. The zero-order valence-electron chi connectivity index (χ0n) is 12.7. The number of H-pyrrole nitrogens is 2. The Morgan fingerprint density at radius 2 is 2.00 bits per heavy atom. The van der Waals surface area contributed by atoms with Crippen molar-refractivity contribution >= 4 is 50.9 Å². The number of hydrogen-bond acceptors (Lipinski definition) is 4. The molecule has 3 N–H and O–H groups in total. The summed E-state index contributed by atoms with van der Waals surface area (Å²) in [5.74, 6) is -0.103. The van der Waals surface area contributed by atoms with Gasteiger partial charge in [-0.3, -0.25) is 4.79 Å². The van der Waals surface area contributed by atoms with Crippen LogP contribution in [0.25, 0.3) is 11.0 Å². The van der Waals surface area contributed by atoms with Crippen LogP contribution in [0.1, 0.15) is 19.8 Å². The van der Waals surface area contributed by atoms with Gasteiger partial charge >= 0.3 is 5.69 Å². The number of hydrogen-bond donors (Lipinski definition) is 3. The van der Waals surface area contributed by atoms with Crippen LogP contribution in [0.5, 0.6) is 0 Å². The molecule has 0 bridgehead atoms. The summed E-state index contributed by atoms with van der Waals surface area (Å²) in [7, 11) is 0. The second-order valence-corrected chi connectivity index (χ2v) is 7.52. The average molecular weight is 350 g/mol. The van der Waals surface area contributed by atoms with Crippen molar-refractivity contribution < 1.29 is 4.79 Å². The highest BCUT2D eigenvalue weighted by Gasteiger charge is 2.21. The van der Waals surface area contributed by atoms with Crippen LogP contribution in [0.2, 0.25) is 0 Å². The quantitative estimate of drug-likeness (QED) is 0.740. The van der Waals surface area contributed by atoms with E-state index in [1.165, 1.54) is 11.8 Å². The first-order valence-corrected chi connectivity index (χ1v) is 8.80. The Kier molecular flexibility index (Phi) is 4.72. The van der Waals surface area contributed by atoms with Crippen molar-refractivity contribution in [3.05, 3.63) is 28.7 Å². The molecule has 23 heavy (non-hydrogen) atoms. The number of anilines is 1. The van der Waals surface area contributed by atoms with Crippen molar-refractivity contribution in [2.45, 2.75) is 25.0 Å². The number of imidazole rings is 1. The Bertz CT molecular complexity index is 792. The number of aromatic amines is 2. The van der Waals surface area contributed by atoms with Crippen molar-refractivity contribution in [3.8, 4) is 0 Å². The van der Waals surface area contributed by atoms with Gasteiger partial charge in [0.25, 0.3) is 0 Å². The van der Waals surface area contributed by atoms with Crippen LogP contribution in [-0.4, -0.2) is 43.4 Å². The van der Waals surface area contributed by atoms with Gasteiger partial charge in [-0.15, -0.1) is 0 Å². The van der Waals surface area contributed by atoms with Crippen molar-refractivity contribution in [2.75, 3.05) is 18.4 Å². The van der Waals surface area contributed by atoms with E-state index in [2.05, 4.69) is 20.2 Å². The smallest absolute Gasteiger partial charge is 0.323 e. The third-order valence-electron chi connectivity index (χ3n) is 3.79. The van der Waals surface area contributed by atoms with E-state index >= 15 is 0 Å². The highest BCUT2D eigenvalue weighted by molar-refractivity contribution is 8.23. The molecule has 3 rings (SSSR count). The molecule has 1 aliphatic heterocycles. The summed E-state index contributed by atoms with van der Waals surface area (Å²) >= 11 is 6.82. The number of aromatic nitrogens is 2. The normalized spacial score (nSPS) is 15.8. The summed E-state index contributed by atoms with van der Waals surface area (Å²) in [5.41, 5.74) is 1.77. The van der Waals surface area contributed by atoms with Crippen LogP contribution >= 0.6 is 24.0 Å². The lowest BCUT2D eigenvalue weighted by atomic mass is 10.2. The number of carbonyl (C=O) groups excluding carboxylic acids is 1. The maximum Gasteiger partial charge on any atom is 0.323 e. The Morgan fingerprint density at radius 1 is 1.30 bits per heavy atom. The van der Waals surface area contributed by atoms with Gasteiger partial charge in [0.1, 0.15) is 4.32 Å². The molecule has 1 fully saturated rings. The summed E-state index contributed by atoms with van der Waals surface area (Å²) in [4.78, 5) is 31.1. The van der Waals surface area contributed by atoms with E-state index in [0.717, 1.165) is 30.3 Å². The van der Waals surface area contributed by atoms with E-state index < -0.39 is 0 Å². The van der Waals surface area contributed by atoms with Gasteiger partial charge in [-0.05, 0) is 38.0 Å². The molecular weight excluding hydrogens is 332 g/mol. The maximum absolute atomic E-state index is 12.3. The fourth-order valence-corrected chi connectivity index (χ4v) is 3.95. The van der Waals surface area contributed by atoms with E-state index in [-0.39, 0.29) is 16.8 Å². The van der Waals surface area contributed by atoms with Gasteiger partial charge in [-0.2, -0.15) is 0 Å². The standard InChI is InChI=1S/C15H18N4O2S2/c1-9(23-15(22)19-6-2-3-7-19)13(20)16-10-4-5-11-12(8-10)18-14(21)17-11/h4-5,8-9H,2-3,6-7H2,1H3,(H,16,20)(H2,17,18,21). The van der Waals surface area contributed by atoms with Crippen molar-refractivity contribution in [3.63, 3.8) is 0 Å². The van der Waals surface area contributed by atoms with Crippen molar-refractivity contribution in [2.24, 2.45) is 0 Å². The second kappa shape index (κ2) is 6.76. The molecule has 122 valence electrons. The Balaban J connectivity index is 1.62. The zero-order chi connectivity index (χ0) is 16.4. The summed E-state index contributed by atoms with van der Waals surface area (Å²) in [6.45, 7) is 3.81. The SMILES string of the molecule is CC(SC(=S)N1CCCC1)C(=O)Nc1ccc2[nH]c(=O)[nH]c2c1. The number of thiocarbonyl (C=S) groups is 1. The largest absolute Gasteiger partial charge is 0.358 e. The van der Waals surface area contributed by atoms with Crippen LogP contribution in [0.3, 0.4) is 0 Å². The molecule has 1 unspecified atom stereocenters. The fourth-order valence-electron chi connectivity index (χ4n) is 2.53. The first kappa shape index (κ1) is 16.1. The van der Waals surface area contributed by atoms with Crippen LogP contribution < -0.4 is 11.0 Å². The predicted octanol–water partition coefficient (Wildman–Crippen LogP) is 2.30. The topological polar surface area (TPSA) is 81.0 Å². The molecule has 1 aromatic heterocycles. The highest BCUT2D eigenvalue weighted by atomic mass is 32.2. The minimum Gasteiger partial charge on any atom is -0.358 e. The van der Waals surface area contributed by atoms with Crippen LogP contribution in [-0.2, 0) is 4.79 Å². The Morgan fingerprint density at radius 3 is 2.74 bits per heavy atom. The molecule has 0 spiro atoms. The van der Waals surface area contributed by atoms with Gasteiger partial charge < -0.3 is 20.2 Å². The number of nitrogens with zero attached hydrogens (tertiary/aromatic N) is 1. The lowest BCUT2D eigenvalue weighted by Crippen LogP contribution is -2.29. The molecule has 0 saturated carbocycles. The van der Waals surface area contributed by atoms with Crippen LogP contribution in [0, 0.1) is 0 Å². The molecular formula is C15H18N4O2S2. The zero-order valence-corrected chi connectivity index (χ0v) is 14.4. The molecule has 1 amide bonds. The van der Waals surface area contributed by atoms with Crippen molar-refractivity contribution in [1.29, 1.82) is 0 Å². The third-order valence-corrected chi connectivity index (χ3v) is 5.37. The van der Waals surface area contributed by atoms with Gasteiger partial charge in [-0.1, -0.05) is 24.0 Å². The molecule has 1 aromatic carbocycles.